The molecule has 3 heterocycles. The third-order valence-corrected chi connectivity index (χ3v) is 5.37. The lowest BCUT2D eigenvalue weighted by molar-refractivity contribution is -0.137. The van der Waals surface area contributed by atoms with Crippen LogP contribution in [0.25, 0.3) is 11.5 Å². The maximum absolute atomic E-state index is 13.6. The maximum atomic E-state index is 13.6. The summed E-state index contributed by atoms with van der Waals surface area (Å²) < 4.78 is 24.3. The number of hydrogen-bond donors (Lipinski definition) is 1. The number of nitrogens with one attached hydrogen (secondary N) is 1. The fourth-order valence-corrected chi connectivity index (χ4v) is 3.61. The molecule has 2 aromatic heterocycles. The van der Waals surface area contributed by atoms with Crippen molar-refractivity contribution in [3.8, 4) is 17.3 Å². The first kappa shape index (κ1) is 24.1. The van der Waals surface area contributed by atoms with Crippen LogP contribution in [-0.2, 0) is 22.6 Å². The minimum atomic E-state index is -0.481. The summed E-state index contributed by atoms with van der Waals surface area (Å²) in [4.78, 5) is 35.9. The molecule has 1 atom stereocenters. The van der Waals surface area contributed by atoms with E-state index in [-0.39, 0.29) is 35.8 Å². The summed E-state index contributed by atoms with van der Waals surface area (Å²) in [5, 5.41) is 15.2. The summed E-state index contributed by atoms with van der Waals surface area (Å²) in [6, 6.07) is 5.82. The Hall–Kier alpha value is -4.00. The first-order chi connectivity index (χ1) is 16.8. The van der Waals surface area contributed by atoms with E-state index in [0.29, 0.717) is 43.3 Å². The normalized spacial score (nSPS) is 15.7. The van der Waals surface area contributed by atoms with Crippen LogP contribution in [0, 0.1) is 12.7 Å². The summed E-state index contributed by atoms with van der Waals surface area (Å²) in [6.07, 6.45) is -0.256. The summed E-state index contributed by atoms with van der Waals surface area (Å²) in [5.41, 5.74) is 1.14. The molecule has 1 fully saturated rings. The van der Waals surface area contributed by atoms with E-state index in [4.69, 9.17) is 9.47 Å². The Bertz CT molecular complexity index is 1230. The monoisotopic (exact) mass is 484 g/mol. The van der Waals surface area contributed by atoms with Gasteiger partial charge in [-0.15, -0.1) is 10.2 Å². The van der Waals surface area contributed by atoms with Crippen LogP contribution < -0.4 is 10.1 Å². The average molecular weight is 484 g/mol. The van der Waals surface area contributed by atoms with Gasteiger partial charge in [-0.1, -0.05) is 6.07 Å². The molecule has 1 aliphatic heterocycles. The number of carbonyl (C=O) groups is 2. The van der Waals surface area contributed by atoms with Crippen LogP contribution >= 0.6 is 0 Å². The number of nitrogens with zero attached hydrogens (tertiary/aromatic N) is 7. The minimum absolute atomic E-state index is 0.00799. The van der Waals surface area contributed by atoms with Gasteiger partial charge in [0.05, 0.1) is 26.4 Å². The van der Waals surface area contributed by atoms with Crippen LogP contribution in [-0.4, -0.2) is 79.8 Å². The number of halogens is 1. The van der Waals surface area contributed by atoms with Crippen LogP contribution in [0.5, 0.6) is 5.75 Å². The Kier molecular flexibility index (Phi) is 7.25. The number of rotatable bonds is 7. The highest BCUT2D eigenvalue weighted by Crippen LogP contribution is 2.18. The van der Waals surface area contributed by atoms with Gasteiger partial charge in [0.25, 0.3) is 5.91 Å². The van der Waals surface area contributed by atoms with Crippen molar-refractivity contribution in [3.05, 3.63) is 47.2 Å². The highest BCUT2D eigenvalue weighted by atomic mass is 19.1. The number of tetrazole rings is 1. The molecule has 0 bridgehead atoms. The molecule has 1 aliphatic rings. The fourth-order valence-electron chi connectivity index (χ4n) is 3.61. The van der Waals surface area contributed by atoms with Gasteiger partial charge in [0.1, 0.15) is 17.2 Å². The Labute approximate surface area is 200 Å². The Morgan fingerprint density at radius 2 is 2.11 bits per heavy atom. The van der Waals surface area contributed by atoms with Crippen molar-refractivity contribution in [2.24, 2.45) is 0 Å². The topological polar surface area (TPSA) is 137 Å². The fraction of sp³-hybridized carbons (Fsp3) is 0.409. The molecule has 4 rings (SSSR count). The van der Waals surface area contributed by atoms with Gasteiger partial charge in [0.15, 0.2) is 11.6 Å². The van der Waals surface area contributed by atoms with E-state index >= 15 is 0 Å². The largest absolute Gasteiger partial charge is 0.494 e. The molecule has 0 spiro atoms. The number of benzene rings is 1. The van der Waals surface area contributed by atoms with Crippen molar-refractivity contribution in [1.82, 2.24) is 40.4 Å². The molecule has 1 N–H and O–H groups in total. The number of ether oxygens (including phenoxy) is 2. The van der Waals surface area contributed by atoms with Crippen molar-refractivity contribution in [1.29, 1.82) is 0 Å². The van der Waals surface area contributed by atoms with Crippen LogP contribution in [0.2, 0.25) is 0 Å². The second-order valence-corrected chi connectivity index (χ2v) is 7.96. The molecule has 1 unspecified atom stereocenters. The number of hydrogen-bond acceptors (Lipinski definition) is 9. The molecule has 13 heteroatoms. The molecule has 12 nitrogen and oxygen atoms in total. The van der Waals surface area contributed by atoms with E-state index in [9.17, 15) is 14.0 Å². The van der Waals surface area contributed by atoms with E-state index in [0.717, 1.165) is 0 Å². The van der Waals surface area contributed by atoms with Crippen LogP contribution in [0.4, 0.5) is 4.39 Å². The van der Waals surface area contributed by atoms with Crippen molar-refractivity contribution >= 4 is 11.8 Å². The zero-order valence-corrected chi connectivity index (χ0v) is 19.6. The SMILES string of the molecule is COc1cc(CNC(=O)c2cc(-c3nnn(CC4CN(C(C)=O)CCO4)n3)nc(C)n2)ccc1F. The lowest BCUT2D eigenvalue weighted by Gasteiger charge is -2.31. The third-order valence-electron chi connectivity index (χ3n) is 5.37. The maximum Gasteiger partial charge on any atom is 0.270 e. The smallest absolute Gasteiger partial charge is 0.270 e. The molecule has 3 aromatic rings. The van der Waals surface area contributed by atoms with Gasteiger partial charge in [-0.2, -0.15) is 4.80 Å². The summed E-state index contributed by atoms with van der Waals surface area (Å²) in [6.45, 7) is 5.10. The van der Waals surface area contributed by atoms with Crippen molar-refractivity contribution in [2.75, 3.05) is 26.8 Å². The number of carbonyl (C=O) groups excluding carboxylic acids is 2. The lowest BCUT2D eigenvalue weighted by atomic mass is 10.2. The predicted octanol–water partition coefficient (Wildman–Crippen LogP) is 0.764. The zero-order chi connectivity index (χ0) is 24.9. The van der Waals surface area contributed by atoms with Crippen molar-refractivity contribution < 1.29 is 23.5 Å². The Balaban J connectivity index is 1.43. The van der Waals surface area contributed by atoms with Gasteiger partial charge < -0.3 is 19.7 Å². The molecule has 1 saturated heterocycles. The first-order valence-electron chi connectivity index (χ1n) is 10.9. The molecule has 0 radical (unpaired) electrons. The molecular weight excluding hydrogens is 459 g/mol. The molecule has 2 amide bonds. The molecule has 0 saturated carbocycles. The first-order valence-corrected chi connectivity index (χ1v) is 10.9. The standard InChI is InChI=1S/C22H25FN8O4/c1-13-25-18(21-27-29-31(28-21)12-16-11-30(14(2)32)6-7-35-16)9-19(26-13)22(33)24-10-15-4-5-17(23)20(8-15)34-3/h4-5,8-9,16H,6-7,10-12H2,1-3H3,(H,24,33). The summed E-state index contributed by atoms with van der Waals surface area (Å²) in [5.74, 6) is -0.241. The Morgan fingerprint density at radius 3 is 2.89 bits per heavy atom. The second kappa shape index (κ2) is 10.5. The molecule has 184 valence electrons. The van der Waals surface area contributed by atoms with Crippen LogP contribution in [0.1, 0.15) is 28.8 Å². The van der Waals surface area contributed by atoms with Gasteiger partial charge in [-0.25, -0.2) is 14.4 Å². The van der Waals surface area contributed by atoms with E-state index in [1.54, 1.807) is 17.9 Å². The van der Waals surface area contributed by atoms with Crippen LogP contribution in [0.3, 0.4) is 0 Å². The number of methoxy groups -OCH3 is 1. The van der Waals surface area contributed by atoms with Crippen molar-refractivity contribution in [3.63, 3.8) is 0 Å². The number of amides is 2. The van der Waals surface area contributed by atoms with Gasteiger partial charge in [-0.3, -0.25) is 9.59 Å². The van der Waals surface area contributed by atoms with E-state index in [2.05, 4.69) is 30.7 Å². The zero-order valence-electron chi connectivity index (χ0n) is 19.6. The quantitative estimate of drug-likeness (QED) is 0.515. The molecule has 0 aliphatic carbocycles. The molecule has 1 aromatic carbocycles. The highest BCUT2D eigenvalue weighted by molar-refractivity contribution is 5.93. The minimum Gasteiger partial charge on any atom is -0.494 e. The summed E-state index contributed by atoms with van der Waals surface area (Å²) >= 11 is 0. The highest BCUT2D eigenvalue weighted by Gasteiger charge is 2.24. The molecular formula is C22H25FN8O4. The van der Waals surface area contributed by atoms with Crippen LogP contribution in [0.15, 0.2) is 24.3 Å². The molecule has 35 heavy (non-hydrogen) atoms. The predicted molar refractivity (Wildman–Crippen MR) is 120 cm³/mol. The van der Waals surface area contributed by atoms with Gasteiger partial charge in [0, 0.05) is 26.6 Å². The van der Waals surface area contributed by atoms with Gasteiger partial charge in [0.2, 0.25) is 11.7 Å². The van der Waals surface area contributed by atoms with E-state index < -0.39 is 11.7 Å². The number of aromatic nitrogens is 6. The number of aryl methyl sites for hydroxylation is 1. The van der Waals surface area contributed by atoms with E-state index in [1.165, 1.54) is 37.0 Å². The average Bonchev–Trinajstić information content (AvgIpc) is 3.31. The van der Waals surface area contributed by atoms with E-state index in [1.807, 2.05) is 0 Å². The van der Waals surface area contributed by atoms with Crippen molar-refractivity contribution in [2.45, 2.75) is 33.0 Å². The second-order valence-electron chi connectivity index (χ2n) is 7.96. The van der Waals surface area contributed by atoms with Gasteiger partial charge in [-0.05, 0) is 35.9 Å². The third kappa shape index (κ3) is 5.93. The lowest BCUT2D eigenvalue weighted by Crippen LogP contribution is -2.46. The summed E-state index contributed by atoms with van der Waals surface area (Å²) in [7, 11) is 1.37. The van der Waals surface area contributed by atoms with Gasteiger partial charge >= 0.3 is 0 Å². The number of morpholine rings is 1. The Morgan fingerprint density at radius 1 is 1.29 bits per heavy atom.